The van der Waals surface area contributed by atoms with Gasteiger partial charge in [-0.05, 0) is 43.3 Å². The predicted molar refractivity (Wildman–Crippen MR) is 108 cm³/mol. The Bertz CT molecular complexity index is 1030. The number of amides is 1. The zero-order chi connectivity index (χ0) is 20.3. The molecular formula is C18H14BrFN4O3S. The van der Waals surface area contributed by atoms with Crippen LogP contribution >= 0.6 is 27.7 Å². The highest BCUT2D eigenvalue weighted by molar-refractivity contribution is 9.10. The van der Waals surface area contributed by atoms with E-state index in [2.05, 4.69) is 26.2 Å². The van der Waals surface area contributed by atoms with Gasteiger partial charge in [0, 0.05) is 34.3 Å². The maximum atomic E-state index is 13.4. The number of carbonyl (C=O) groups excluding carboxylic acids is 1. The first kappa shape index (κ1) is 20.0. The summed E-state index contributed by atoms with van der Waals surface area (Å²) in [4.78, 5) is 26.7. The molecule has 1 amide bonds. The molecule has 1 N–H and O–H groups in total. The van der Waals surface area contributed by atoms with Gasteiger partial charge in [-0.1, -0.05) is 27.7 Å². The number of halogens is 2. The van der Waals surface area contributed by atoms with Gasteiger partial charge in [0.15, 0.2) is 5.16 Å². The van der Waals surface area contributed by atoms with Crippen molar-refractivity contribution in [2.75, 3.05) is 5.32 Å². The van der Waals surface area contributed by atoms with Crippen LogP contribution in [0.4, 0.5) is 15.8 Å². The number of carbonyl (C=O) groups is 1. The highest BCUT2D eigenvalue weighted by atomic mass is 79.9. The van der Waals surface area contributed by atoms with E-state index in [1.54, 1.807) is 19.3 Å². The number of hydrogen-bond donors (Lipinski definition) is 1. The summed E-state index contributed by atoms with van der Waals surface area (Å²) in [6.07, 6.45) is 3.43. The van der Waals surface area contributed by atoms with Crippen LogP contribution in [0.25, 0.3) is 5.69 Å². The lowest BCUT2D eigenvalue weighted by Crippen LogP contribution is -2.23. The average molecular weight is 465 g/mol. The van der Waals surface area contributed by atoms with Crippen molar-refractivity contribution in [2.45, 2.75) is 17.3 Å². The van der Waals surface area contributed by atoms with Crippen LogP contribution in [-0.2, 0) is 4.79 Å². The van der Waals surface area contributed by atoms with Crippen LogP contribution in [0, 0.1) is 15.9 Å². The molecule has 0 fully saturated rings. The van der Waals surface area contributed by atoms with E-state index in [1.807, 2.05) is 28.8 Å². The molecule has 3 aromatic rings. The summed E-state index contributed by atoms with van der Waals surface area (Å²) < 4.78 is 16.2. The number of nitro groups is 1. The van der Waals surface area contributed by atoms with Crippen molar-refractivity contribution in [1.29, 1.82) is 0 Å². The Hall–Kier alpha value is -2.72. The normalized spacial score (nSPS) is 11.8. The Morgan fingerprint density at radius 3 is 2.71 bits per heavy atom. The van der Waals surface area contributed by atoms with Gasteiger partial charge in [-0.3, -0.25) is 19.5 Å². The van der Waals surface area contributed by atoms with Crippen LogP contribution in [0.3, 0.4) is 0 Å². The molecule has 0 saturated carbocycles. The molecule has 0 aliphatic heterocycles. The van der Waals surface area contributed by atoms with Crippen molar-refractivity contribution in [3.8, 4) is 5.69 Å². The molecule has 144 valence electrons. The van der Waals surface area contributed by atoms with E-state index in [4.69, 9.17) is 0 Å². The molecular weight excluding hydrogens is 451 g/mol. The van der Waals surface area contributed by atoms with Gasteiger partial charge in [0.25, 0.3) is 0 Å². The molecule has 0 saturated heterocycles. The van der Waals surface area contributed by atoms with Gasteiger partial charge in [-0.2, -0.15) is 4.39 Å². The van der Waals surface area contributed by atoms with Crippen LogP contribution in [0.1, 0.15) is 6.92 Å². The Kier molecular flexibility index (Phi) is 6.10. The third-order valence-corrected chi connectivity index (χ3v) is 5.38. The summed E-state index contributed by atoms with van der Waals surface area (Å²) in [6, 6.07) is 10.9. The number of anilines is 1. The van der Waals surface area contributed by atoms with Crippen LogP contribution in [-0.4, -0.2) is 25.6 Å². The minimum Gasteiger partial charge on any atom is -0.325 e. The minimum absolute atomic E-state index is 0.154. The molecule has 0 aliphatic carbocycles. The summed E-state index contributed by atoms with van der Waals surface area (Å²) in [5, 5.41) is 13.5. The van der Waals surface area contributed by atoms with E-state index in [1.165, 1.54) is 17.8 Å². The van der Waals surface area contributed by atoms with Gasteiger partial charge in [-0.15, -0.1) is 0 Å². The molecule has 2 aromatic carbocycles. The predicted octanol–water partition coefficient (Wildman–Crippen LogP) is 4.80. The molecule has 0 aliphatic rings. The second-order valence-corrected chi connectivity index (χ2v) is 7.95. The number of imidazole rings is 1. The fourth-order valence-corrected chi connectivity index (χ4v) is 3.51. The van der Waals surface area contributed by atoms with Gasteiger partial charge in [0.05, 0.1) is 10.2 Å². The third-order valence-electron chi connectivity index (χ3n) is 3.77. The van der Waals surface area contributed by atoms with E-state index in [9.17, 15) is 19.3 Å². The van der Waals surface area contributed by atoms with E-state index >= 15 is 0 Å². The van der Waals surface area contributed by atoms with Gasteiger partial charge in [0.2, 0.25) is 11.7 Å². The van der Waals surface area contributed by atoms with E-state index < -0.39 is 21.7 Å². The molecule has 0 radical (unpaired) electrons. The second-order valence-electron chi connectivity index (χ2n) is 5.73. The SMILES string of the molecule is CC(Sc1nccn1-c1ccc(Br)cc1)C(=O)Nc1ccc(F)c([N+](=O)[O-])c1. The van der Waals surface area contributed by atoms with Crippen LogP contribution < -0.4 is 5.32 Å². The second kappa shape index (κ2) is 8.53. The first-order valence-electron chi connectivity index (χ1n) is 8.06. The Labute approximate surface area is 172 Å². The van der Waals surface area contributed by atoms with E-state index in [0.29, 0.717) is 5.16 Å². The molecule has 1 aromatic heterocycles. The largest absolute Gasteiger partial charge is 0.325 e. The smallest absolute Gasteiger partial charge is 0.306 e. The van der Waals surface area contributed by atoms with Gasteiger partial charge >= 0.3 is 5.69 Å². The number of rotatable bonds is 6. The molecule has 28 heavy (non-hydrogen) atoms. The summed E-state index contributed by atoms with van der Waals surface area (Å²) in [5.74, 6) is -1.33. The van der Waals surface area contributed by atoms with Crippen LogP contribution in [0.2, 0.25) is 0 Å². The fourth-order valence-electron chi connectivity index (χ4n) is 2.36. The summed E-state index contributed by atoms with van der Waals surface area (Å²) in [7, 11) is 0. The first-order valence-corrected chi connectivity index (χ1v) is 9.73. The number of hydrogen-bond acceptors (Lipinski definition) is 5. The maximum absolute atomic E-state index is 13.4. The molecule has 1 unspecified atom stereocenters. The molecule has 7 nitrogen and oxygen atoms in total. The topological polar surface area (TPSA) is 90.1 Å². The van der Waals surface area contributed by atoms with Crippen molar-refractivity contribution in [3.63, 3.8) is 0 Å². The Balaban J connectivity index is 1.72. The fraction of sp³-hybridized carbons (Fsp3) is 0.111. The zero-order valence-corrected chi connectivity index (χ0v) is 16.9. The number of nitrogens with zero attached hydrogens (tertiary/aromatic N) is 3. The number of thioether (sulfide) groups is 1. The summed E-state index contributed by atoms with van der Waals surface area (Å²) >= 11 is 4.62. The lowest BCUT2D eigenvalue weighted by Gasteiger charge is -2.13. The highest BCUT2D eigenvalue weighted by Crippen LogP contribution is 2.27. The van der Waals surface area contributed by atoms with Crippen LogP contribution in [0.15, 0.2) is 64.5 Å². The van der Waals surface area contributed by atoms with Crippen LogP contribution in [0.5, 0.6) is 0 Å². The van der Waals surface area contributed by atoms with Crippen molar-refractivity contribution in [3.05, 3.63) is 75.3 Å². The average Bonchev–Trinajstić information content (AvgIpc) is 3.11. The molecule has 1 atom stereocenters. The van der Waals surface area contributed by atoms with E-state index in [0.717, 1.165) is 22.3 Å². The van der Waals surface area contributed by atoms with Gasteiger partial charge in [-0.25, -0.2) is 4.98 Å². The number of benzene rings is 2. The monoisotopic (exact) mass is 464 g/mol. The minimum atomic E-state index is -0.957. The molecule has 1 heterocycles. The number of nitro benzene ring substituents is 1. The molecule has 10 heteroatoms. The highest BCUT2D eigenvalue weighted by Gasteiger charge is 2.20. The van der Waals surface area contributed by atoms with Gasteiger partial charge < -0.3 is 5.32 Å². The number of nitrogens with one attached hydrogen (secondary N) is 1. The molecule has 3 rings (SSSR count). The van der Waals surface area contributed by atoms with Crippen molar-refractivity contribution in [2.24, 2.45) is 0 Å². The van der Waals surface area contributed by atoms with Crippen molar-refractivity contribution in [1.82, 2.24) is 9.55 Å². The first-order chi connectivity index (χ1) is 13.3. The lowest BCUT2D eigenvalue weighted by molar-refractivity contribution is -0.387. The number of aromatic nitrogens is 2. The molecule has 0 spiro atoms. The Morgan fingerprint density at radius 1 is 1.32 bits per heavy atom. The molecule has 0 bridgehead atoms. The van der Waals surface area contributed by atoms with Gasteiger partial charge in [0.1, 0.15) is 0 Å². The third kappa shape index (κ3) is 4.57. The summed E-state index contributed by atoms with van der Waals surface area (Å²) in [6.45, 7) is 1.69. The van der Waals surface area contributed by atoms with Crippen molar-refractivity contribution < 1.29 is 14.1 Å². The zero-order valence-electron chi connectivity index (χ0n) is 14.5. The van der Waals surface area contributed by atoms with E-state index in [-0.39, 0.29) is 11.6 Å². The summed E-state index contributed by atoms with van der Waals surface area (Å²) in [5.41, 5.74) is 0.357. The Morgan fingerprint density at radius 2 is 2.04 bits per heavy atom. The maximum Gasteiger partial charge on any atom is 0.306 e. The standard InChI is InChI=1S/C18H14BrFN4O3S/c1-11(17(25)22-13-4-7-15(20)16(10-13)24(26)27)28-18-21-8-9-23(18)14-5-2-12(19)3-6-14/h2-11H,1H3,(H,22,25). The quantitative estimate of drug-likeness (QED) is 0.321. The lowest BCUT2D eigenvalue weighted by atomic mass is 10.2. The van der Waals surface area contributed by atoms with Crippen molar-refractivity contribution >= 4 is 45.0 Å².